The van der Waals surface area contributed by atoms with Gasteiger partial charge in [0.1, 0.15) is 5.60 Å². The summed E-state index contributed by atoms with van der Waals surface area (Å²) in [4.78, 5) is 10.1. The van der Waals surface area contributed by atoms with E-state index < -0.39 is 11.6 Å². The van der Waals surface area contributed by atoms with Gasteiger partial charge < -0.3 is 10.2 Å². The summed E-state index contributed by atoms with van der Waals surface area (Å²) in [6.07, 6.45) is 3.56. The molecule has 0 radical (unpaired) electrons. The van der Waals surface area contributed by atoms with Crippen LogP contribution in [0.25, 0.3) is 0 Å². The predicted octanol–water partition coefficient (Wildman–Crippen LogP) is 1.34. The number of carbonyl (C=O) groups is 1. The van der Waals surface area contributed by atoms with Crippen LogP contribution in [0.3, 0.4) is 0 Å². The topological polar surface area (TPSA) is 57.5 Å². The first-order chi connectivity index (χ1) is 5.54. The summed E-state index contributed by atoms with van der Waals surface area (Å²) in [5, 5.41) is 17.8. The van der Waals surface area contributed by atoms with Crippen molar-refractivity contribution >= 4 is 5.97 Å². The van der Waals surface area contributed by atoms with E-state index in [4.69, 9.17) is 5.11 Å². The summed E-state index contributed by atoms with van der Waals surface area (Å²) in [6.45, 7) is 6.87. The smallest absolute Gasteiger partial charge is 0.303 e. The van der Waals surface area contributed by atoms with Crippen LogP contribution in [-0.4, -0.2) is 21.8 Å². The van der Waals surface area contributed by atoms with Gasteiger partial charge in [-0.3, -0.25) is 4.79 Å². The summed E-state index contributed by atoms with van der Waals surface area (Å²) in [5.74, 6) is -0.856. The Hall–Kier alpha value is -1.09. The lowest BCUT2D eigenvalue weighted by atomic mass is 9.97. The van der Waals surface area contributed by atoms with Crippen LogP contribution in [0.1, 0.15) is 19.3 Å². The Balaban J connectivity index is 3.81. The molecule has 0 aliphatic rings. The van der Waals surface area contributed by atoms with Gasteiger partial charge in [0.25, 0.3) is 0 Å². The molecule has 3 nitrogen and oxygen atoms in total. The van der Waals surface area contributed by atoms with E-state index in [0.717, 1.165) is 0 Å². The molecule has 0 amide bonds. The first-order valence-electron chi connectivity index (χ1n) is 3.75. The summed E-state index contributed by atoms with van der Waals surface area (Å²) in [5.41, 5.74) is -1.12. The molecule has 0 heterocycles. The van der Waals surface area contributed by atoms with E-state index in [-0.39, 0.29) is 6.42 Å². The third-order valence-electron chi connectivity index (χ3n) is 1.67. The zero-order valence-corrected chi connectivity index (χ0v) is 6.99. The lowest BCUT2D eigenvalue weighted by molar-refractivity contribution is -0.137. The van der Waals surface area contributed by atoms with E-state index in [0.29, 0.717) is 12.8 Å². The minimum Gasteiger partial charge on any atom is -0.481 e. The molecule has 2 N–H and O–H groups in total. The Labute approximate surface area is 72.0 Å². The molecule has 0 rings (SSSR count). The molecule has 0 aliphatic heterocycles. The average molecular weight is 170 g/mol. The molecule has 0 bridgehead atoms. The normalized spacial score (nSPS) is 10.8. The van der Waals surface area contributed by atoms with Crippen molar-refractivity contribution in [2.45, 2.75) is 24.9 Å². The molecule has 0 atom stereocenters. The molecule has 0 aromatic heterocycles. The highest BCUT2D eigenvalue weighted by Gasteiger charge is 2.17. The molecular formula is C9H14O3. The van der Waals surface area contributed by atoms with E-state index in [9.17, 15) is 9.90 Å². The SMILES string of the molecule is C=CC(O)(C=C)CCCC(=O)O. The Bertz CT molecular complexity index is 176. The number of hydrogen-bond donors (Lipinski definition) is 2. The molecule has 68 valence electrons. The second-order valence-electron chi connectivity index (χ2n) is 2.65. The lowest BCUT2D eigenvalue weighted by Crippen LogP contribution is -2.21. The van der Waals surface area contributed by atoms with Crippen LogP contribution < -0.4 is 0 Å². The van der Waals surface area contributed by atoms with Crippen LogP contribution >= 0.6 is 0 Å². The van der Waals surface area contributed by atoms with Crippen molar-refractivity contribution in [1.82, 2.24) is 0 Å². The van der Waals surface area contributed by atoms with Gasteiger partial charge >= 0.3 is 5.97 Å². The highest BCUT2D eigenvalue weighted by Crippen LogP contribution is 2.16. The molecule has 0 aromatic carbocycles. The maximum Gasteiger partial charge on any atom is 0.303 e. The minimum atomic E-state index is -1.12. The van der Waals surface area contributed by atoms with Crippen molar-refractivity contribution in [3.05, 3.63) is 25.3 Å². The van der Waals surface area contributed by atoms with Gasteiger partial charge in [0.2, 0.25) is 0 Å². The van der Waals surface area contributed by atoms with Gasteiger partial charge in [0.05, 0.1) is 0 Å². The quantitative estimate of drug-likeness (QED) is 0.591. The summed E-state index contributed by atoms with van der Waals surface area (Å²) in [7, 11) is 0. The summed E-state index contributed by atoms with van der Waals surface area (Å²) < 4.78 is 0. The Kier molecular flexibility index (Phi) is 4.29. The van der Waals surface area contributed by atoms with Crippen molar-refractivity contribution in [3.8, 4) is 0 Å². The molecular weight excluding hydrogens is 156 g/mol. The highest BCUT2D eigenvalue weighted by atomic mass is 16.4. The Morgan fingerprint density at radius 3 is 2.25 bits per heavy atom. The van der Waals surface area contributed by atoms with Gasteiger partial charge in [-0.25, -0.2) is 0 Å². The molecule has 0 spiro atoms. The van der Waals surface area contributed by atoms with Gasteiger partial charge in [-0.05, 0) is 12.8 Å². The fourth-order valence-electron chi connectivity index (χ4n) is 0.810. The van der Waals surface area contributed by atoms with E-state index in [2.05, 4.69) is 13.2 Å². The predicted molar refractivity (Wildman–Crippen MR) is 46.8 cm³/mol. The van der Waals surface area contributed by atoms with Gasteiger partial charge in [-0.15, -0.1) is 0 Å². The third-order valence-corrected chi connectivity index (χ3v) is 1.67. The maximum absolute atomic E-state index is 10.1. The van der Waals surface area contributed by atoms with Crippen LogP contribution in [0.5, 0.6) is 0 Å². The molecule has 0 saturated heterocycles. The number of aliphatic hydroxyl groups is 1. The molecule has 12 heavy (non-hydrogen) atoms. The number of hydrogen-bond acceptors (Lipinski definition) is 2. The first kappa shape index (κ1) is 10.9. The highest BCUT2D eigenvalue weighted by molar-refractivity contribution is 5.66. The van der Waals surface area contributed by atoms with Crippen molar-refractivity contribution in [2.75, 3.05) is 0 Å². The first-order valence-corrected chi connectivity index (χ1v) is 3.75. The van der Waals surface area contributed by atoms with E-state index in [1.807, 2.05) is 0 Å². The molecule has 0 aliphatic carbocycles. The van der Waals surface area contributed by atoms with Gasteiger partial charge in [0.15, 0.2) is 0 Å². The number of carboxylic acids is 1. The van der Waals surface area contributed by atoms with Crippen LogP contribution in [0, 0.1) is 0 Å². The van der Waals surface area contributed by atoms with Crippen LogP contribution in [0.15, 0.2) is 25.3 Å². The molecule has 3 heteroatoms. The van der Waals surface area contributed by atoms with Crippen LogP contribution in [0.4, 0.5) is 0 Å². The van der Waals surface area contributed by atoms with Gasteiger partial charge in [-0.1, -0.05) is 25.3 Å². The fourth-order valence-corrected chi connectivity index (χ4v) is 0.810. The maximum atomic E-state index is 10.1. The molecule has 0 saturated carbocycles. The summed E-state index contributed by atoms with van der Waals surface area (Å²) >= 11 is 0. The average Bonchev–Trinajstić information content (AvgIpc) is 2.03. The Morgan fingerprint density at radius 2 is 1.92 bits per heavy atom. The monoisotopic (exact) mass is 170 g/mol. The van der Waals surface area contributed by atoms with Crippen molar-refractivity contribution in [1.29, 1.82) is 0 Å². The fraction of sp³-hybridized carbons (Fsp3) is 0.444. The molecule has 0 aromatic rings. The van der Waals surface area contributed by atoms with Crippen molar-refractivity contribution < 1.29 is 15.0 Å². The minimum absolute atomic E-state index is 0.0595. The summed E-state index contributed by atoms with van der Waals surface area (Å²) in [6, 6.07) is 0. The zero-order chi connectivity index (χ0) is 9.61. The van der Waals surface area contributed by atoms with E-state index >= 15 is 0 Å². The standard InChI is InChI=1S/C9H14O3/c1-3-9(12,4-2)7-5-6-8(10)11/h3-4,12H,1-2,5-7H2,(H,10,11). The third kappa shape index (κ3) is 3.93. The number of carboxylic acid groups (broad SMARTS) is 1. The number of aliphatic carboxylic acids is 1. The van der Waals surface area contributed by atoms with Crippen molar-refractivity contribution in [3.63, 3.8) is 0 Å². The number of rotatable bonds is 6. The largest absolute Gasteiger partial charge is 0.481 e. The molecule has 0 unspecified atom stereocenters. The van der Waals surface area contributed by atoms with E-state index in [1.54, 1.807) is 0 Å². The van der Waals surface area contributed by atoms with Crippen LogP contribution in [0.2, 0.25) is 0 Å². The second-order valence-corrected chi connectivity index (χ2v) is 2.65. The molecule has 0 fully saturated rings. The van der Waals surface area contributed by atoms with E-state index in [1.165, 1.54) is 12.2 Å². The second kappa shape index (κ2) is 4.72. The van der Waals surface area contributed by atoms with Gasteiger partial charge in [0, 0.05) is 6.42 Å². The van der Waals surface area contributed by atoms with Crippen LogP contribution in [-0.2, 0) is 4.79 Å². The van der Waals surface area contributed by atoms with Gasteiger partial charge in [-0.2, -0.15) is 0 Å². The van der Waals surface area contributed by atoms with Crippen molar-refractivity contribution in [2.24, 2.45) is 0 Å². The Morgan fingerprint density at radius 1 is 1.42 bits per heavy atom. The lowest BCUT2D eigenvalue weighted by Gasteiger charge is -2.18. The zero-order valence-electron chi connectivity index (χ0n) is 6.99.